The highest BCUT2D eigenvalue weighted by Gasteiger charge is 2.18. The number of benzene rings is 4. The predicted molar refractivity (Wildman–Crippen MR) is 132 cm³/mol. The zero-order valence-corrected chi connectivity index (χ0v) is 19.1. The number of thiol groups is 1. The number of amides is 1. The van der Waals surface area contributed by atoms with Crippen LogP contribution in [0.3, 0.4) is 0 Å². The Morgan fingerprint density at radius 3 is 2.26 bits per heavy atom. The van der Waals surface area contributed by atoms with Gasteiger partial charge in [0.2, 0.25) is 10.9 Å². The molecule has 34 heavy (non-hydrogen) atoms. The van der Waals surface area contributed by atoms with Crippen LogP contribution in [-0.4, -0.2) is 19.4 Å². The molecule has 0 aliphatic rings. The molecule has 4 rings (SSSR count). The fraction of sp³-hybridized carbons (Fsp3) is 0. The maximum atomic E-state index is 13.3. The summed E-state index contributed by atoms with van der Waals surface area (Å²) in [4.78, 5) is 12.8. The van der Waals surface area contributed by atoms with Crippen molar-refractivity contribution in [3.63, 3.8) is 0 Å². The number of aromatic hydroxyl groups is 1. The molecule has 0 atom stereocenters. The zero-order chi connectivity index (χ0) is 24.2. The van der Waals surface area contributed by atoms with E-state index in [0.29, 0.717) is 10.6 Å². The lowest BCUT2D eigenvalue weighted by molar-refractivity contribution is 0.102. The van der Waals surface area contributed by atoms with Crippen molar-refractivity contribution in [2.24, 2.45) is 0 Å². The fourth-order valence-corrected chi connectivity index (χ4v) is 4.33. The van der Waals surface area contributed by atoms with Gasteiger partial charge in [0, 0.05) is 21.8 Å². The zero-order valence-electron chi connectivity index (χ0n) is 17.5. The lowest BCUT2D eigenvalue weighted by Crippen LogP contribution is -2.16. The van der Waals surface area contributed by atoms with Crippen LogP contribution in [0.25, 0.3) is 11.1 Å². The maximum Gasteiger partial charge on any atom is 0.255 e. The highest BCUT2D eigenvalue weighted by atomic mass is 35.5. The van der Waals surface area contributed by atoms with Gasteiger partial charge in [0.05, 0.1) is 5.69 Å². The third kappa shape index (κ3) is 5.03. The molecule has 172 valence electrons. The molecule has 6 nitrogen and oxygen atoms in total. The maximum absolute atomic E-state index is 13.3. The minimum absolute atomic E-state index is 0.0991. The van der Waals surface area contributed by atoms with Crippen molar-refractivity contribution in [2.75, 3.05) is 9.62 Å². The van der Waals surface area contributed by atoms with Crippen LogP contribution in [-0.2, 0) is 10.9 Å². The molecular formula is C25H18ClFN2O4S. The van der Waals surface area contributed by atoms with E-state index < -0.39 is 22.6 Å². The molecule has 4 aromatic rings. The molecule has 0 bridgehead atoms. The summed E-state index contributed by atoms with van der Waals surface area (Å²) in [5, 5.41) is 13.4. The summed E-state index contributed by atoms with van der Waals surface area (Å²) >= 11 is 6.40. The van der Waals surface area contributed by atoms with E-state index in [4.69, 9.17) is 11.6 Å². The van der Waals surface area contributed by atoms with Gasteiger partial charge in [0.25, 0.3) is 5.91 Å². The molecule has 0 aliphatic carbocycles. The third-order valence-electron chi connectivity index (χ3n) is 5.01. The number of hydrogen-bond donors (Lipinski definition) is 3. The summed E-state index contributed by atoms with van der Waals surface area (Å²) in [6, 6.07) is 23.1. The van der Waals surface area contributed by atoms with Crippen LogP contribution in [0.1, 0.15) is 10.4 Å². The van der Waals surface area contributed by atoms with Crippen molar-refractivity contribution in [1.82, 2.24) is 0 Å². The molecule has 0 fully saturated rings. The average Bonchev–Trinajstić information content (AvgIpc) is 2.82. The minimum Gasteiger partial charge on any atom is -0.506 e. The highest BCUT2D eigenvalue weighted by molar-refractivity contribution is 7.74. The van der Waals surface area contributed by atoms with Crippen LogP contribution in [0, 0.1) is 5.82 Å². The topological polar surface area (TPSA) is 86.7 Å². The van der Waals surface area contributed by atoms with E-state index in [2.05, 4.69) is 5.32 Å². The van der Waals surface area contributed by atoms with Crippen molar-refractivity contribution in [1.29, 1.82) is 0 Å². The van der Waals surface area contributed by atoms with Crippen LogP contribution in [0.15, 0.2) is 91.0 Å². The Hall–Kier alpha value is -3.88. The first-order valence-corrected chi connectivity index (χ1v) is 11.5. The summed E-state index contributed by atoms with van der Waals surface area (Å²) in [5.74, 6) is -1.35. The average molecular weight is 497 g/mol. The van der Waals surface area contributed by atoms with Gasteiger partial charge < -0.3 is 10.4 Å². The molecule has 0 saturated heterocycles. The molecule has 0 aliphatic heterocycles. The summed E-state index contributed by atoms with van der Waals surface area (Å²) in [7, 11) is -3.23. The first-order chi connectivity index (χ1) is 16.3. The molecule has 0 unspecified atom stereocenters. The molecular weight excluding hydrogens is 479 g/mol. The van der Waals surface area contributed by atoms with Crippen molar-refractivity contribution in [3.05, 3.63) is 107 Å². The van der Waals surface area contributed by atoms with Crippen molar-refractivity contribution in [2.45, 2.75) is 0 Å². The summed E-state index contributed by atoms with van der Waals surface area (Å²) in [5.41, 5.74) is 2.25. The van der Waals surface area contributed by atoms with E-state index in [0.717, 1.165) is 27.6 Å². The van der Waals surface area contributed by atoms with E-state index >= 15 is 0 Å². The molecule has 2 N–H and O–H groups in total. The number of phenols is 1. The van der Waals surface area contributed by atoms with Gasteiger partial charge in [-0.25, -0.2) is 17.1 Å². The van der Waals surface area contributed by atoms with E-state index in [-0.39, 0.29) is 22.8 Å². The smallest absolute Gasteiger partial charge is 0.255 e. The van der Waals surface area contributed by atoms with Crippen LogP contribution in [0.2, 0.25) is 5.02 Å². The van der Waals surface area contributed by atoms with Crippen LogP contribution < -0.4 is 9.62 Å². The Morgan fingerprint density at radius 1 is 0.912 bits per heavy atom. The van der Waals surface area contributed by atoms with Crippen molar-refractivity contribution in [3.8, 4) is 16.9 Å². The predicted octanol–water partition coefficient (Wildman–Crippen LogP) is 5.77. The number of nitrogens with one attached hydrogen (secondary N) is 1. The van der Waals surface area contributed by atoms with E-state index in [9.17, 15) is 22.7 Å². The van der Waals surface area contributed by atoms with Crippen LogP contribution >= 0.6 is 11.6 Å². The van der Waals surface area contributed by atoms with Crippen molar-refractivity contribution < 1.29 is 22.7 Å². The molecule has 9 heteroatoms. The second kappa shape index (κ2) is 9.94. The Morgan fingerprint density at radius 2 is 1.62 bits per heavy atom. The highest BCUT2D eigenvalue weighted by Crippen LogP contribution is 2.36. The number of hydrogen-bond acceptors (Lipinski definition) is 4. The van der Waals surface area contributed by atoms with Gasteiger partial charge in [-0.1, -0.05) is 48.0 Å². The summed E-state index contributed by atoms with van der Waals surface area (Å²) < 4.78 is 38.0. The number of phenolic OH excluding ortho intramolecular Hbond substituents is 1. The number of nitrogens with zero attached hydrogens (tertiary/aromatic N) is 1. The molecule has 0 saturated carbocycles. The lowest BCUT2D eigenvalue weighted by atomic mass is 10.0. The number of carbonyl (C=O) groups excluding carboxylic acids is 1. The van der Waals surface area contributed by atoms with E-state index in [1.807, 2.05) is 30.3 Å². The molecule has 0 spiro atoms. The SMILES string of the molecule is O=C(Nc1ccc(O)c(N(c2ccc(F)cc2)[SH](=O)=O)c1)c1ccc(-c2ccccc2)c(Cl)c1. The van der Waals surface area contributed by atoms with E-state index in [1.165, 1.54) is 30.3 Å². The molecule has 1 amide bonds. The van der Waals surface area contributed by atoms with E-state index in [1.54, 1.807) is 18.2 Å². The van der Waals surface area contributed by atoms with Crippen LogP contribution in [0.5, 0.6) is 5.75 Å². The molecule has 0 heterocycles. The van der Waals surface area contributed by atoms with Crippen LogP contribution in [0.4, 0.5) is 21.5 Å². The summed E-state index contributed by atoms with van der Waals surface area (Å²) in [6.45, 7) is 0. The van der Waals surface area contributed by atoms with Gasteiger partial charge in [0.1, 0.15) is 17.3 Å². The first kappa shape index (κ1) is 23.3. The monoisotopic (exact) mass is 496 g/mol. The van der Waals surface area contributed by atoms with Gasteiger partial charge in [-0.15, -0.1) is 0 Å². The number of rotatable bonds is 6. The normalized spacial score (nSPS) is 10.8. The van der Waals surface area contributed by atoms with Gasteiger partial charge in [-0.05, 0) is 60.2 Å². The molecule has 4 aromatic carbocycles. The number of anilines is 3. The Bertz CT molecular complexity index is 1420. The largest absolute Gasteiger partial charge is 0.506 e. The summed E-state index contributed by atoms with van der Waals surface area (Å²) in [6.07, 6.45) is 0. The second-order valence-electron chi connectivity index (χ2n) is 7.24. The van der Waals surface area contributed by atoms with Gasteiger partial charge in [-0.2, -0.15) is 0 Å². The minimum atomic E-state index is -3.23. The number of carbonyl (C=O) groups is 1. The molecule has 0 radical (unpaired) electrons. The van der Waals surface area contributed by atoms with Gasteiger partial charge in [-0.3, -0.25) is 4.79 Å². The Labute approximate surface area is 201 Å². The quantitative estimate of drug-likeness (QED) is 0.234. The second-order valence-corrected chi connectivity index (χ2v) is 8.53. The van der Waals surface area contributed by atoms with Crippen molar-refractivity contribution >= 4 is 45.5 Å². The van der Waals surface area contributed by atoms with Gasteiger partial charge >= 0.3 is 0 Å². The van der Waals surface area contributed by atoms with Gasteiger partial charge in [0.15, 0.2) is 0 Å². The number of halogens is 2. The third-order valence-corrected chi connectivity index (χ3v) is 6.10. The lowest BCUT2D eigenvalue weighted by Gasteiger charge is -2.20. The fourth-order valence-electron chi connectivity index (χ4n) is 3.39. The Kier molecular flexibility index (Phi) is 6.81. The standard InChI is InChI=1S/C25H18ClFN2O4S/c26-22-14-17(6-12-21(22)16-4-2-1-3-5-16)25(31)28-19-9-13-24(30)23(15-19)29(34(32)33)20-10-7-18(27)8-11-20/h1-15,30,34H,(H,28,31). The Balaban J connectivity index is 1.61. The first-order valence-electron chi connectivity index (χ1n) is 10.0. The molecule has 0 aromatic heterocycles.